The van der Waals surface area contributed by atoms with E-state index in [4.69, 9.17) is 5.73 Å². The number of aromatic nitrogens is 2. The van der Waals surface area contributed by atoms with E-state index in [-0.39, 0.29) is 6.04 Å². The van der Waals surface area contributed by atoms with Crippen molar-refractivity contribution in [2.24, 2.45) is 0 Å². The molecule has 0 bridgehead atoms. The Bertz CT molecular complexity index is 455. The summed E-state index contributed by atoms with van der Waals surface area (Å²) in [4.78, 5) is 9.44. The van der Waals surface area contributed by atoms with E-state index >= 15 is 0 Å². The van der Waals surface area contributed by atoms with Crippen molar-refractivity contribution in [3.63, 3.8) is 0 Å². The fraction of sp³-hybridized carbons (Fsp3) is 0.333. The highest BCUT2D eigenvalue weighted by Crippen LogP contribution is 2.28. The lowest BCUT2D eigenvalue weighted by Crippen LogP contribution is -2.23. The second-order valence-corrected chi connectivity index (χ2v) is 4.71. The van der Waals surface area contributed by atoms with Gasteiger partial charge in [0.2, 0.25) is 0 Å². The highest BCUT2D eigenvalue weighted by molar-refractivity contribution is 7.09. The molecule has 17 heavy (non-hydrogen) atoms. The third-order valence-corrected chi connectivity index (χ3v) is 3.37. The van der Waals surface area contributed by atoms with Crippen LogP contribution in [0.4, 0.5) is 5.69 Å². The van der Waals surface area contributed by atoms with Crippen molar-refractivity contribution in [3.8, 4) is 0 Å². The zero-order chi connectivity index (χ0) is 12.1. The van der Waals surface area contributed by atoms with Crippen molar-refractivity contribution in [1.29, 1.82) is 0 Å². The van der Waals surface area contributed by atoms with Gasteiger partial charge < -0.3 is 11.1 Å². The zero-order valence-corrected chi connectivity index (χ0v) is 10.6. The van der Waals surface area contributed by atoms with Gasteiger partial charge in [0.05, 0.1) is 11.6 Å². The third-order valence-electron chi connectivity index (χ3n) is 2.53. The Balaban J connectivity index is 2.30. The summed E-state index contributed by atoms with van der Waals surface area (Å²) in [6, 6.07) is 1.92. The van der Waals surface area contributed by atoms with Crippen molar-refractivity contribution in [3.05, 3.63) is 40.6 Å². The summed E-state index contributed by atoms with van der Waals surface area (Å²) >= 11 is 1.63. The van der Waals surface area contributed by atoms with Crippen LogP contribution in [0.3, 0.4) is 0 Å². The topological polar surface area (TPSA) is 63.8 Å². The Morgan fingerprint density at radius 3 is 2.94 bits per heavy atom. The maximum atomic E-state index is 6.00. The van der Waals surface area contributed by atoms with Crippen LogP contribution >= 0.6 is 11.3 Å². The monoisotopic (exact) mass is 248 g/mol. The molecule has 1 unspecified atom stereocenters. The molecule has 0 spiro atoms. The van der Waals surface area contributed by atoms with Gasteiger partial charge in [-0.15, -0.1) is 11.3 Å². The second kappa shape index (κ2) is 5.75. The van der Waals surface area contributed by atoms with Crippen LogP contribution in [0.5, 0.6) is 0 Å². The van der Waals surface area contributed by atoms with Crippen molar-refractivity contribution < 1.29 is 0 Å². The van der Waals surface area contributed by atoms with E-state index in [1.165, 1.54) is 0 Å². The summed E-state index contributed by atoms with van der Waals surface area (Å²) in [5.74, 6) is 0. The molecular weight excluding hydrogens is 232 g/mol. The van der Waals surface area contributed by atoms with E-state index in [0.29, 0.717) is 0 Å². The molecule has 1 atom stereocenters. The molecule has 0 radical (unpaired) electrons. The van der Waals surface area contributed by atoms with Crippen molar-refractivity contribution in [2.75, 3.05) is 12.3 Å². The average molecular weight is 248 g/mol. The number of rotatable bonds is 5. The molecule has 2 rings (SSSR count). The van der Waals surface area contributed by atoms with Gasteiger partial charge in [0.25, 0.3) is 0 Å². The molecule has 2 heterocycles. The summed E-state index contributed by atoms with van der Waals surface area (Å²) in [6.07, 6.45) is 6.49. The fourth-order valence-corrected chi connectivity index (χ4v) is 2.39. The van der Waals surface area contributed by atoms with Crippen LogP contribution in [0.25, 0.3) is 0 Å². The van der Waals surface area contributed by atoms with Crippen LogP contribution in [-0.4, -0.2) is 16.5 Å². The lowest BCUT2D eigenvalue weighted by Gasteiger charge is -2.18. The maximum Gasteiger partial charge on any atom is 0.0794 e. The largest absolute Gasteiger partial charge is 0.398 e. The van der Waals surface area contributed by atoms with E-state index in [9.17, 15) is 0 Å². The molecule has 0 saturated carbocycles. The number of hydrogen-bond donors (Lipinski definition) is 2. The SMILES string of the molecule is CCCNC(c1cncs1)c1cnccc1N. The van der Waals surface area contributed by atoms with E-state index in [0.717, 1.165) is 29.1 Å². The lowest BCUT2D eigenvalue weighted by atomic mass is 10.1. The minimum absolute atomic E-state index is 0.0937. The highest BCUT2D eigenvalue weighted by Gasteiger charge is 2.17. The number of hydrogen-bond acceptors (Lipinski definition) is 5. The van der Waals surface area contributed by atoms with Gasteiger partial charge in [0.1, 0.15) is 0 Å². The smallest absolute Gasteiger partial charge is 0.0794 e. The van der Waals surface area contributed by atoms with Gasteiger partial charge in [-0.3, -0.25) is 9.97 Å². The predicted octanol–water partition coefficient (Wildman–Crippen LogP) is 2.21. The van der Waals surface area contributed by atoms with Gasteiger partial charge in [-0.05, 0) is 19.0 Å². The van der Waals surface area contributed by atoms with Gasteiger partial charge in [-0.25, -0.2) is 0 Å². The molecule has 2 aromatic rings. The van der Waals surface area contributed by atoms with Gasteiger partial charge in [-0.1, -0.05) is 6.92 Å². The Hall–Kier alpha value is -1.46. The molecule has 0 saturated heterocycles. The van der Waals surface area contributed by atoms with E-state index in [2.05, 4.69) is 22.2 Å². The number of pyridine rings is 1. The molecule has 5 heteroatoms. The van der Waals surface area contributed by atoms with Gasteiger partial charge >= 0.3 is 0 Å². The van der Waals surface area contributed by atoms with Crippen LogP contribution in [0.1, 0.15) is 29.8 Å². The summed E-state index contributed by atoms with van der Waals surface area (Å²) in [5.41, 5.74) is 9.62. The van der Waals surface area contributed by atoms with Crippen LogP contribution in [0.15, 0.2) is 30.2 Å². The Labute approximate surface area is 105 Å². The molecule has 0 aliphatic rings. The minimum atomic E-state index is 0.0937. The first-order valence-electron chi connectivity index (χ1n) is 5.64. The molecule has 3 N–H and O–H groups in total. The van der Waals surface area contributed by atoms with Crippen LogP contribution in [0, 0.1) is 0 Å². The summed E-state index contributed by atoms with van der Waals surface area (Å²) < 4.78 is 0. The molecule has 0 amide bonds. The Morgan fingerprint density at radius 2 is 2.29 bits per heavy atom. The summed E-state index contributed by atoms with van der Waals surface area (Å²) in [7, 11) is 0. The number of nitrogen functional groups attached to an aromatic ring is 1. The van der Waals surface area contributed by atoms with Crippen LogP contribution < -0.4 is 11.1 Å². The maximum absolute atomic E-state index is 6.00. The zero-order valence-electron chi connectivity index (χ0n) is 9.76. The predicted molar refractivity (Wildman–Crippen MR) is 70.9 cm³/mol. The summed E-state index contributed by atoms with van der Waals surface area (Å²) in [5, 5.41) is 3.48. The number of thiazole rings is 1. The number of nitrogens with two attached hydrogens (primary N) is 1. The first-order chi connectivity index (χ1) is 8.33. The molecular formula is C12H16N4S. The van der Waals surface area contributed by atoms with Gasteiger partial charge in [0.15, 0.2) is 0 Å². The average Bonchev–Trinajstić information content (AvgIpc) is 2.85. The normalized spacial score (nSPS) is 12.5. The van der Waals surface area contributed by atoms with Crippen LogP contribution in [-0.2, 0) is 0 Å². The Kier molecular flexibility index (Phi) is 4.06. The van der Waals surface area contributed by atoms with E-state index in [1.807, 2.05) is 24.0 Å². The molecule has 2 aromatic heterocycles. The summed E-state index contributed by atoms with van der Waals surface area (Å²) in [6.45, 7) is 3.08. The molecule has 0 fully saturated rings. The molecule has 0 aliphatic carbocycles. The van der Waals surface area contributed by atoms with Crippen molar-refractivity contribution >= 4 is 17.0 Å². The van der Waals surface area contributed by atoms with E-state index in [1.54, 1.807) is 17.5 Å². The first kappa shape index (κ1) is 12.0. The first-order valence-corrected chi connectivity index (χ1v) is 6.52. The van der Waals surface area contributed by atoms with Gasteiger partial charge in [0, 0.05) is 34.7 Å². The molecule has 0 aliphatic heterocycles. The third kappa shape index (κ3) is 2.81. The Morgan fingerprint density at radius 1 is 1.41 bits per heavy atom. The highest BCUT2D eigenvalue weighted by atomic mass is 32.1. The molecule has 4 nitrogen and oxygen atoms in total. The van der Waals surface area contributed by atoms with Crippen molar-refractivity contribution in [2.45, 2.75) is 19.4 Å². The lowest BCUT2D eigenvalue weighted by molar-refractivity contribution is 0.605. The van der Waals surface area contributed by atoms with Crippen molar-refractivity contribution in [1.82, 2.24) is 15.3 Å². The quantitative estimate of drug-likeness (QED) is 0.851. The number of nitrogens with one attached hydrogen (secondary N) is 1. The van der Waals surface area contributed by atoms with Gasteiger partial charge in [-0.2, -0.15) is 0 Å². The van der Waals surface area contributed by atoms with E-state index < -0.39 is 0 Å². The molecule has 0 aromatic carbocycles. The standard InChI is InChI=1S/C12H16N4S/c1-2-4-16-12(11-7-15-8-17-11)9-6-14-5-3-10(9)13/h3,5-8,12,16H,2,4H2,1H3,(H2,13,14). The minimum Gasteiger partial charge on any atom is -0.398 e. The second-order valence-electron chi connectivity index (χ2n) is 3.80. The molecule has 90 valence electrons. The number of anilines is 1. The van der Waals surface area contributed by atoms with Crippen LogP contribution in [0.2, 0.25) is 0 Å². The number of nitrogens with zero attached hydrogens (tertiary/aromatic N) is 2. The fourth-order valence-electron chi connectivity index (χ4n) is 1.68.